The number of fused-ring (bicyclic) bond motifs is 11. The van der Waals surface area contributed by atoms with Crippen molar-refractivity contribution in [1.82, 2.24) is 0 Å². The minimum absolute atomic E-state index is 0.925. The Morgan fingerprint density at radius 3 is 1.57 bits per heavy atom. The van der Waals surface area contributed by atoms with Crippen molar-refractivity contribution in [2.45, 2.75) is 0 Å². The van der Waals surface area contributed by atoms with Gasteiger partial charge in [0.05, 0.1) is 0 Å². The molecule has 2 aromatic heterocycles. The summed E-state index contributed by atoms with van der Waals surface area (Å²) in [6.07, 6.45) is 0. The van der Waals surface area contributed by atoms with Crippen LogP contribution in [0.25, 0.3) is 119 Å². The fraction of sp³-hybridized carbons (Fsp3) is 0. The molecule has 2 heterocycles. The fourth-order valence-electron chi connectivity index (χ4n) is 9.06. The van der Waals surface area contributed by atoms with Gasteiger partial charge in [-0.15, -0.1) is 11.3 Å². The zero-order valence-corrected chi connectivity index (χ0v) is 30.0. The highest BCUT2D eigenvalue weighted by atomic mass is 32.1. The predicted octanol–water partition coefficient (Wildman–Crippen LogP) is 15.6. The monoisotopic (exact) mass is 702 g/mol. The molecule has 0 unspecified atom stereocenters. The van der Waals surface area contributed by atoms with E-state index >= 15 is 0 Å². The first-order chi connectivity index (χ1) is 26.8. The van der Waals surface area contributed by atoms with Crippen molar-refractivity contribution in [3.05, 3.63) is 182 Å². The first-order valence-corrected chi connectivity index (χ1v) is 19.3. The molecule has 54 heavy (non-hydrogen) atoms. The molecule has 10 aromatic carbocycles. The summed E-state index contributed by atoms with van der Waals surface area (Å²) in [6, 6.07) is 66.8. The van der Waals surface area contributed by atoms with Crippen LogP contribution in [0.5, 0.6) is 0 Å². The highest BCUT2D eigenvalue weighted by Gasteiger charge is 2.19. The normalized spacial score (nSPS) is 12.1. The molecule has 0 aliphatic rings. The first kappa shape index (κ1) is 29.8. The molecule has 0 aliphatic heterocycles. The first-order valence-electron chi connectivity index (χ1n) is 18.5. The number of hydrogen-bond donors (Lipinski definition) is 0. The molecular formula is C52H30OS. The third-order valence-electron chi connectivity index (χ3n) is 11.4. The van der Waals surface area contributed by atoms with Crippen LogP contribution in [-0.4, -0.2) is 0 Å². The number of hydrogen-bond acceptors (Lipinski definition) is 2. The Bertz CT molecular complexity index is 3450. The van der Waals surface area contributed by atoms with E-state index in [-0.39, 0.29) is 0 Å². The Hall–Kier alpha value is -6.74. The van der Waals surface area contributed by atoms with Gasteiger partial charge in [-0.05, 0) is 95.3 Å². The van der Waals surface area contributed by atoms with Crippen molar-refractivity contribution in [2.75, 3.05) is 0 Å². The summed E-state index contributed by atoms with van der Waals surface area (Å²) in [5.74, 6) is 0. The summed E-state index contributed by atoms with van der Waals surface area (Å²) in [7, 11) is 0. The summed E-state index contributed by atoms with van der Waals surface area (Å²) >= 11 is 1.89. The van der Waals surface area contributed by atoms with Crippen molar-refractivity contribution >= 4 is 96.5 Å². The number of furan rings is 1. The lowest BCUT2D eigenvalue weighted by atomic mass is 9.84. The molecule has 0 saturated heterocycles. The van der Waals surface area contributed by atoms with E-state index in [1.165, 1.54) is 91.3 Å². The Morgan fingerprint density at radius 2 is 0.852 bits per heavy atom. The van der Waals surface area contributed by atoms with Gasteiger partial charge >= 0.3 is 0 Å². The Kier molecular flexibility index (Phi) is 6.28. The lowest BCUT2D eigenvalue weighted by Gasteiger charge is -2.18. The van der Waals surface area contributed by atoms with Crippen LogP contribution in [-0.2, 0) is 0 Å². The molecule has 0 fully saturated rings. The summed E-state index contributed by atoms with van der Waals surface area (Å²) in [4.78, 5) is 0. The predicted molar refractivity (Wildman–Crippen MR) is 233 cm³/mol. The van der Waals surface area contributed by atoms with Gasteiger partial charge in [0.25, 0.3) is 0 Å². The van der Waals surface area contributed by atoms with Crippen molar-refractivity contribution < 1.29 is 4.42 Å². The molecule has 0 atom stereocenters. The molecule has 0 amide bonds. The molecule has 0 bridgehead atoms. The minimum Gasteiger partial charge on any atom is -0.455 e. The van der Waals surface area contributed by atoms with Gasteiger partial charge in [0, 0.05) is 36.3 Å². The molecule has 2 heteroatoms. The van der Waals surface area contributed by atoms with Crippen molar-refractivity contribution in [1.29, 1.82) is 0 Å². The van der Waals surface area contributed by atoms with Gasteiger partial charge in [0.2, 0.25) is 0 Å². The van der Waals surface area contributed by atoms with Crippen LogP contribution < -0.4 is 0 Å². The molecule has 250 valence electrons. The molecule has 12 aromatic rings. The Balaban J connectivity index is 1.06. The third kappa shape index (κ3) is 4.26. The number of thiophene rings is 1. The molecule has 12 rings (SSSR count). The van der Waals surface area contributed by atoms with Gasteiger partial charge < -0.3 is 4.42 Å². The van der Waals surface area contributed by atoms with Gasteiger partial charge in [-0.1, -0.05) is 158 Å². The van der Waals surface area contributed by atoms with E-state index < -0.39 is 0 Å². The quantitative estimate of drug-likeness (QED) is 0.167. The van der Waals surface area contributed by atoms with E-state index in [2.05, 4.69) is 176 Å². The second kappa shape index (κ2) is 11.4. The number of benzene rings is 10. The van der Waals surface area contributed by atoms with Crippen LogP contribution in [0.3, 0.4) is 0 Å². The highest BCUT2D eigenvalue weighted by molar-refractivity contribution is 7.25. The molecule has 0 spiro atoms. The summed E-state index contributed by atoms with van der Waals surface area (Å²) in [6.45, 7) is 0. The smallest absolute Gasteiger partial charge is 0.143 e. The standard InChI is InChI=1S/C52H30OS/c1-2-14-34-31(12-1)13-11-22-39(34)51-42-19-6-4-17-40(42)50(41-18-5-7-20-43(41)51)33-25-27-38-37-26-24-32(28-48(37)54-49(38)29-33)45-30-46-36-16-9-10-23-47(36)53-52(46)44-21-8-3-15-35(44)45/h1-30H. The molecule has 0 aliphatic carbocycles. The SMILES string of the molecule is c1ccc2c(-c3c4ccccc4c(-c4ccc5c(c4)sc4cc(-c6cc7c8ccccc8oc7c7ccccc67)ccc45)c4ccccc34)cccc2c1. The Labute approximate surface area is 314 Å². The lowest BCUT2D eigenvalue weighted by molar-refractivity contribution is 0.672. The summed E-state index contributed by atoms with van der Waals surface area (Å²) in [5, 5.41) is 14.9. The topological polar surface area (TPSA) is 13.1 Å². The van der Waals surface area contributed by atoms with Gasteiger partial charge in [-0.2, -0.15) is 0 Å². The number of para-hydroxylation sites is 1. The second-order valence-electron chi connectivity index (χ2n) is 14.3. The second-order valence-corrected chi connectivity index (χ2v) is 15.4. The van der Waals surface area contributed by atoms with Crippen LogP contribution in [0, 0.1) is 0 Å². The van der Waals surface area contributed by atoms with Gasteiger partial charge in [0.1, 0.15) is 11.2 Å². The average molecular weight is 703 g/mol. The summed E-state index contributed by atoms with van der Waals surface area (Å²) < 4.78 is 9.01. The maximum Gasteiger partial charge on any atom is 0.143 e. The average Bonchev–Trinajstić information content (AvgIpc) is 3.80. The molecule has 0 saturated carbocycles. The lowest BCUT2D eigenvalue weighted by Crippen LogP contribution is -1.91. The van der Waals surface area contributed by atoms with Crippen LogP contribution >= 0.6 is 11.3 Å². The third-order valence-corrected chi connectivity index (χ3v) is 12.6. The maximum atomic E-state index is 6.42. The van der Waals surface area contributed by atoms with Crippen LogP contribution in [0.4, 0.5) is 0 Å². The highest BCUT2D eigenvalue weighted by Crippen LogP contribution is 2.47. The Morgan fingerprint density at radius 1 is 0.315 bits per heavy atom. The largest absolute Gasteiger partial charge is 0.455 e. The van der Waals surface area contributed by atoms with E-state index in [0.717, 1.165) is 27.3 Å². The molecule has 1 nitrogen and oxygen atoms in total. The van der Waals surface area contributed by atoms with Gasteiger partial charge in [-0.25, -0.2) is 0 Å². The van der Waals surface area contributed by atoms with E-state index in [0.29, 0.717) is 0 Å². The van der Waals surface area contributed by atoms with Crippen molar-refractivity contribution in [3.63, 3.8) is 0 Å². The maximum absolute atomic E-state index is 6.42. The van der Waals surface area contributed by atoms with Crippen molar-refractivity contribution in [3.8, 4) is 33.4 Å². The molecule has 0 radical (unpaired) electrons. The van der Waals surface area contributed by atoms with Gasteiger partial charge in [-0.3, -0.25) is 0 Å². The molecule has 0 N–H and O–H groups in total. The summed E-state index contributed by atoms with van der Waals surface area (Å²) in [5.41, 5.74) is 9.44. The zero-order chi connectivity index (χ0) is 35.3. The molecular weight excluding hydrogens is 673 g/mol. The van der Waals surface area contributed by atoms with Crippen LogP contribution in [0.2, 0.25) is 0 Å². The zero-order valence-electron chi connectivity index (χ0n) is 29.1. The fourth-order valence-corrected chi connectivity index (χ4v) is 10.2. The van der Waals surface area contributed by atoms with Crippen molar-refractivity contribution in [2.24, 2.45) is 0 Å². The van der Waals surface area contributed by atoms with Crippen LogP contribution in [0.1, 0.15) is 0 Å². The minimum atomic E-state index is 0.925. The van der Waals surface area contributed by atoms with E-state index in [9.17, 15) is 0 Å². The number of rotatable bonds is 3. The van der Waals surface area contributed by atoms with E-state index in [4.69, 9.17) is 4.42 Å². The van der Waals surface area contributed by atoms with Crippen LogP contribution in [0.15, 0.2) is 186 Å². The van der Waals surface area contributed by atoms with E-state index in [1.54, 1.807) is 0 Å². The van der Waals surface area contributed by atoms with Gasteiger partial charge in [0.15, 0.2) is 0 Å². The van der Waals surface area contributed by atoms with E-state index in [1.807, 2.05) is 17.4 Å².